The van der Waals surface area contributed by atoms with E-state index in [9.17, 15) is 30.3 Å². The van der Waals surface area contributed by atoms with E-state index in [1.807, 2.05) is 0 Å². The number of aromatic hydroxyl groups is 5. The van der Waals surface area contributed by atoms with Crippen molar-refractivity contribution in [3.63, 3.8) is 0 Å². The van der Waals surface area contributed by atoms with Gasteiger partial charge in [-0.2, -0.15) is 0 Å². The SMILES string of the molecule is CCN(CC)CC.O=c1c(O)c(-c2ccc(O)c(O)c2)oc2cc(O)cc(O)c12. The second-order valence-electron chi connectivity index (χ2n) is 6.27. The van der Waals surface area contributed by atoms with Crippen LogP contribution in [-0.4, -0.2) is 50.1 Å². The van der Waals surface area contributed by atoms with Gasteiger partial charge in [0.1, 0.15) is 22.5 Å². The normalized spacial score (nSPS) is 10.8. The first-order chi connectivity index (χ1) is 13.7. The third-order valence-corrected chi connectivity index (χ3v) is 4.51. The molecule has 1 heterocycles. The largest absolute Gasteiger partial charge is 0.508 e. The molecule has 8 heteroatoms. The van der Waals surface area contributed by atoms with E-state index in [4.69, 9.17) is 4.42 Å². The first kappa shape index (κ1) is 21.9. The van der Waals surface area contributed by atoms with Gasteiger partial charge in [-0.3, -0.25) is 4.79 Å². The molecule has 0 atom stereocenters. The summed E-state index contributed by atoms with van der Waals surface area (Å²) in [5, 5.41) is 47.6. The third-order valence-electron chi connectivity index (χ3n) is 4.51. The van der Waals surface area contributed by atoms with Gasteiger partial charge in [0.15, 0.2) is 17.3 Å². The molecule has 8 nitrogen and oxygen atoms in total. The van der Waals surface area contributed by atoms with Gasteiger partial charge in [-0.05, 0) is 37.8 Å². The Kier molecular flexibility index (Phi) is 6.95. The Balaban J connectivity index is 0.000000370. The second kappa shape index (κ2) is 9.20. The maximum absolute atomic E-state index is 12.1. The number of phenolic OH excluding ortho intramolecular Hbond substituents is 4. The van der Waals surface area contributed by atoms with Gasteiger partial charge >= 0.3 is 0 Å². The van der Waals surface area contributed by atoms with Gasteiger partial charge in [-0.25, -0.2) is 0 Å². The lowest BCUT2D eigenvalue weighted by molar-refractivity contribution is 0.321. The van der Waals surface area contributed by atoms with Crippen molar-refractivity contribution < 1.29 is 29.9 Å². The average Bonchev–Trinajstić information content (AvgIpc) is 2.68. The van der Waals surface area contributed by atoms with Crippen LogP contribution in [0, 0.1) is 0 Å². The van der Waals surface area contributed by atoms with Crippen molar-refractivity contribution in [2.45, 2.75) is 20.8 Å². The van der Waals surface area contributed by atoms with Crippen LogP contribution < -0.4 is 5.43 Å². The van der Waals surface area contributed by atoms with Gasteiger partial charge in [0.05, 0.1) is 0 Å². The van der Waals surface area contributed by atoms with Gasteiger partial charge in [0, 0.05) is 17.7 Å². The van der Waals surface area contributed by atoms with Crippen LogP contribution in [0.1, 0.15) is 20.8 Å². The topological polar surface area (TPSA) is 135 Å². The molecule has 0 aliphatic carbocycles. The number of phenols is 4. The molecule has 0 fully saturated rings. The highest BCUT2D eigenvalue weighted by atomic mass is 16.4. The van der Waals surface area contributed by atoms with E-state index in [1.54, 1.807) is 0 Å². The monoisotopic (exact) mass is 403 g/mol. The first-order valence-corrected chi connectivity index (χ1v) is 9.19. The number of fused-ring (bicyclic) bond motifs is 1. The van der Waals surface area contributed by atoms with E-state index in [0.29, 0.717) is 0 Å². The van der Waals surface area contributed by atoms with Gasteiger partial charge in [-0.15, -0.1) is 0 Å². The summed E-state index contributed by atoms with van der Waals surface area (Å²) in [6.07, 6.45) is 0. The zero-order valence-corrected chi connectivity index (χ0v) is 16.5. The predicted octanol–water partition coefficient (Wildman–Crippen LogP) is 3.34. The van der Waals surface area contributed by atoms with Crippen molar-refractivity contribution in [3.05, 3.63) is 40.6 Å². The highest BCUT2D eigenvalue weighted by molar-refractivity contribution is 5.88. The van der Waals surface area contributed by atoms with Crippen LogP contribution >= 0.6 is 0 Å². The van der Waals surface area contributed by atoms with Crippen molar-refractivity contribution in [2.75, 3.05) is 19.6 Å². The van der Waals surface area contributed by atoms with Crippen molar-refractivity contribution >= 4 is 11.0 Å². The molecule has 3 aromatic rings. The zero-order valence-electron chi connectivity index (χ0n) is 16.5. The predicted molar refractivity (Wildman–Crippen MR) is 110 cm³/mol. The van der Waals surface area contributed by atoms with Gasteiger partial charge in [0.2, 0.25) is 11.2 Å². The molecule has 0 aliphatic heterocycles. The molecule has 0 aliphatic rings. The van der Waals surface area contributed by atoms with E-state index in [2.05, 4.69) is 25.7 Å². The molecule has 0 saturated carbocycles. The van der Waals surface area contributed by atoms with Crippen LogP contribution in [0.2, 0.25) is 0 Å². The molecule has 156 valence electrons. The van der Waals surface area contributed by atoms with Crippen molar-refractivity contribution in [1.29, 1.82) is 0 Å². The van der Waals surface area contributed by atoms with Crippen LogP contribution in [-0.2, 0) is 0 Å². The first-order valence-electron chi connectivity index (χ1n) is 9.19. The summed E-state index contributed by atoms with van der Waals surface area (Å²) in [6, 6.07) is 5.64. The second-order valence-corrected chi connectivity index (χ2v) is 6.27. The van der Waals surface area contributed by atoms with E-state index in [-0.39, 0.29) is 33.8 Å². The summed E-state index contributed by atoms with van der Waals surface area (Å²) in [5.41, 5.74) is -0.890. The molecule has 1 aromatic heterocycles. The van der Waals surface area contributed by atoms with Crippen molar-refractivity contribution in [3.8, 4) is 40.1 Å². The lowest BCUT2D eigenvalue weighted by Gasteiger charge is -2.13. The molecule has 0 radical (unpaired) electrons. The Morgan fingerprint density at radius 2 is 1.45 bits per heavy atom. The summed E-state index contributed by atoms with van der Waals surface area (Å²) < 4.78 is 5.35. The Bertz CT molecular complexity index is 1050. The van der Waals surface area contributed by atoms with Crippen LogP contribution in [0.3, 0.4) is 0 Å². The highest BCUT2D eigenvalue weighted by Crippen LogP contribution is 2.37. The van der Waals surface area contributed by atoms with E-state index in [1.165, 1.54) is 25.7 Å². The summed E-state index contributed by atoms with van der Waals surface area (Å²) in [6.45, 7) is 10.1. The molecule has 5 N–H and O–H groups in total. The van der Waals surface area contributed by atoms with Gasteiger partial charge in [-0.1, -0.05) is 20.8 Å². The van der Waals surface area contributed by atoms with Crippen LogP contribution in [0.5, 0.6) is 28.7 Å². The van der Waals surface area contributed by atoms with E-state index in [0.717, 1.165) is 24.3 Å². The number of rotatable bonds is 4. The minimum atomic E-state index is -0.888. The Labute approximate surface area is 167 Å². The molecule has 0 spiro atoms. The Morgan fingerprint density at radius 1 is 0.828 bits per heavy atom. The lowest BCUT2D eigenvalue weighted by atomic mass is 10.1. The highest BCUT2D eigenvalue weighted by Gasteiger charge is 2.19. The number of hydrogen-bond acceptors (Lipinski definition) is 8. The fraction of sp³-hybridized carbons (Fsp3) is 0.286. The van der Waals surface area contributed by atoms with Gasteiger partial charge < -0.3 is 34.8 Å². The Hall–Kier alpha value is -3.39. The molecular formula is C21H25NO7. The van der Waals surface area contributed by atoms with Crippen LogP contribution in [0.25, 0.3) is 22.3 Å². The molecule has 0 unspecified atom stereocenters. The zero-order chi connectivity index (χ0) is 21.7. The lowest BCUT2D eigenvalue weighted by Crippen LogP contribution is -2.21. The quantitative estimate of drug-likeness (QED) is 0.419. The summed E-state index contributed by atoms with van der Waals surface area (Å²) in [7, 11) is 0. The van der Waals surface area contributed by atoms with Crippen molar-refractivity contribution in [2.24, 2.45) is 0 Å². The van der Waals surface area contributed by atoms with Gasteiger partial charge in [0.25, 0.3) is 0 Å². The standard InChI is InChI=1S/C15H10O7.C6H15N/c16-7-4-10(19)12-11(5-7)22-15(14(21)13(12)20)6-1-2-8(17)9(18)3-6;1-4-7(5-2)6-3/h1-5,16-19,21H;4-6H2,1-3H3. The minimum absolute atomic E-state index is 0.134. The minimum Gasteiger partial charge on any atom is -0.508 e. The van der Waals surface area contributed by atoms with Crippen LogP contribution in [0.4, 0.5) is 0 Å². The number of nitrogens with zero attached hydrogens (tertiary/aromatic N) is 1. The fourth-order valence-corrected chi connectivity index (χ4v) is 2.81. The molecule has 2 aromatic carbocycles. The summed E-state index contributed by atoms with van der Waals surface area (Å²) in [5.74, 6) is -2.71. The maximum Gasteiger partial charge on any atom is 0.238 e. The number of hydrogen-bond donors (Lipinski definition) is 5. The van der Waals surface area contributed by atoms with Crippen molar-refractivity contribution in [1.82, 2.24) is 4.90 Å². The average molecular weight is 403 g/mol. The smallest absolute Gasteiger partial charge is 0.238 e. The number of benzene rings is 2. The third kappa shape index (κ3) is 4.72. The molecule has 0 saturated heterocycles. The van der Waals surface area contributed by atoms with E-state index >= 15 is 0 Å². The molecular weight excluding hydrogens is 378 g/mol. The summed E-state index contributed by atoms with van der Waals surface area (Å²) >= 11 is 0. The fourth-order valence-electron chi connectivity index (χ4n) is 2.81. The van der Waals surface area contributed by atoms with Crippen LogP contribution in [0.15, 0.2) is 39.5 Å². The molecule has 0 bridgehead atoms. The van der Waals surface area contributed by atoms with E-state index < -0.39 is 22.7 Å². The maximum atomic E-state index is 12.1. The summed E-state index contributed by atoms with van der Waals surface area (Å²) in [4.78, 5) is 14.5. The molecule has 3 rings (SSSR count). The molecule has 0 amide bonds. The Morgan fingerprint density at radius 3 is 1.97 bits per heavy atom. The molecule has 29 heavy (non-hydrogen) atoms.